The summed E-state index contributed by atoms with van der Waals surface area (Å²) >= 11 is 13.6. The molecule has 2 aromatic carbocycles. The number of phenols is 2. The predicted octanol–water partition coefficient (Wildman–Crippen LogP) is 4.26. The molecule has 2 rings (SSSR count). The number of hydrogen-bond donors (Lipinski definition) is 3. The van der Waals surface area contributed by atoms with Crippen LogP contribution >= 0.6 is 45.8 Å². The molecule has 20 heavy (non-hydrogen) atoms. The van der Waals surface area contributed by atoms with E-state index >= 15 is 0 Å². The number of nitrogens with one attached hydrogen (secondary N) is 1. The SMILES string of the molecule is O=C(Nc1cc(Cl)cc(Cl)c1O)c1cc(I)ccc1O. The van der Waals surface area contributed by atoms with Crippen LogP contribution in [0, 0.1) is 3.57 Å². The zero-order valence-corrected chi connectivity index (χ0v) is 13.5. The minimum atomic E-state index is -0.574. The van der Waals surface area contributed by atoms with Gasteiger partial charge in [0.1, 0.15) is 5.75 Å². The number of carbonyl (C=O) groups excluding carboxylic acids is 1. The maximum absolute atomic E-state index is 12.1. The molecule has 0 radical (unpaired) electrons. The summed E-state index contributed by atoms with van der Waals surface area (Å²) in [4.78, 5) is 12.1. The molecule has 1 amide bonds. The van der Waals surface area contributed by atoms with E-state index in [4.69, 9.17) is 23.2 Å². The Labute approximate surface area is 138 Å². The molecule has 104 valence electrons. The van der Waals surface area contributed by atoms with Gasteiger partial charge in [-0.3, -0.25) is 4.79 Å². The van der Waals surface area contributed by atoms with Crippen molar-refractivity contribution >= 4 is 57.4 Å². The van der Waals surface area contributed by atoms with Gasteiger partial charge >= 0.3 is 0 Å². The molecule has 0 aromatic heterocycles. The quantitative estimate of drug-likeness (QED) is 0.499. The molecule has 4 nitrogen and oxygen atoms in total. The molecule has 0 aliphatic rings. The third kappa shape index (κ3) is 3.28. The molecule has 0 heterocycles. The minimum Gasteiger partial charge on any atom is -0.507 e. The summed E-state index contributed by atoms with van der Waals surface area (Å²) in [5, 5.41) is 22.2. The lowest BCUT2D eigenvalue weighted by atomic mass is 10.2. The van der Waals surface area contributed by atoms with E-state index in [-0.39, 0.29) is 32.8 Å². The summed E-state index contributed by atoms with van der Waals surface area (Å²) in [6.07, 6.45) is 0. The van der Waals surface area contributed by atoms with Crippen LogP contribution in [0.1, 0.15) is 10.4 Å². The van der Waals surface area contributed by atoms with Gasteiger partial charge in [0.05, 0.1) is 16.3 Å². The molecule has 3 N–H and O–H groups in total. The van der Waals surface area contributed by atoms with Crippen molar-refractivity contribution in [2.45, 2.75) is 0 Å². The lowest BCUT2D eigenvalue weighted by Gasteiger charge is -2.10. The van der Waals surface area contributed by atoms with Crippen molar-refractivity contribution in [2.75, 3.05) is 5.32 Å². The third-order valence-electron chi connectivity index (χ3n) is 2.48. The highest BCUT2D eigenvalue weighted by atomic mass is 127. The third-order valence-corrected chi connectivity index (χ3v) is 3.66. The van der Waals surface area contributed by atoms with Crippen LogP contribution in [-0.2, 0) is 0 Å². The molecule has 0 fully saturated rings. The van der Waals surface area contributed by atoms with Gasteiger partial charge in [-0.15, -0.1) is 0 Å². The zero-order chi connectivity index (χ0) is 14.9. The highest BCUT2D eigenvalue weighted by Crippen LogP contribution is 2.35. The van der Waals surface area contributed by atoms with E-state index in [1.54, 1.807) is 6.07 Å². The Morgan fingerprint density at radius 1 is 1.15 bits per heavy atom. The molecule has 7 heteroatoms. The molecule has 0 aliphatic heterocycles. The topological polar surface area (TPSA) is 69.6 Å². The molecular formula is C13H8Cl2INO3. The molecule has 0 spiro atoms. The molecular weight excluding hydrogens is 416 g/mol. The predicted molar refractivity (Wildman–Crippen MR) is 86.9 cm³/mol. The van der Waals surface area contributed by atoms with E-state index in [9.17, 15) is 15.0 Å². The van der Waals surface area contributed by atoms with E-state index in [2.05, 4.69) is 5.32 Å². The van der Waals surface area contributed by atoms with Crippen LogP contribution in [0.3, 0.4) is 0 Å². The van der Waals surface area contributed by atoms with Gasteiger partial charge in [0.2, 0.25) is 0 Å². The summed E-state index contributed by atoms with van der Waals surface area (Å²) in [6.45, 7) is 0. The second-order valence-corrected chi connectivity index (χ2v) is 5.99. The van der Waals surface area contributed by atoms with Crippen molar-refractivity contribution in [3.8, 4) is 11.5 Å². The number of hydrogen-bond acceptors (Lipinski definition) is 3. The monoisotopic (exact) mass is 423 g/mol. The van der Waals surface area contributed by atoms with E-state index in [1.165, 1.54) is 24.3 Å². The Hall–Kier alpha value is -1.18. The van der Waals surface area contributed by atoms with Crippen LogP contribution < -0.4 is 5.32 Å². The van der Waals surface area contributed by atoms with Gasteiger partial charge in [0.25, 0.3) is 5.91 Å². The van der Waals surface area contributed by atoms with Crippen molar-refractivity contribution < 1.29 is 15.0 Å². The van der Waals surface area contributed by atoms with Crippen molar-refractivity contribution in [3.63, 3.8) is 0 Å². The fourth-order valence-corrected chi connectivity index (χ4v) is 2.53. The Balaban J connectivity index is 2.35. The number of phenolic OH excluding ortho intramolecular Hbond substituents is 2. The van der Waals surface area contributed by atoms with Gasteiger partial charge in [-0.25, -0.2) is 0 Å². The number of carbonyl (C=O) groups is 1. The average molecular weight is 424 g/mol. The number of rotatable bonds is 2. The summed E-state index contributed by atoms with van der Waals surface area (Å²) in [7, 11) is 0. The van der Waals surface area contributed by atoms with Gasteiger partial charge in [-0.1, -0.05) is 23.2 Å². The average Bonchev–Trinajstić information content (AvgIpc) is 2.38. The van der Waals surface area contributed by atoms with Crippen molar-refractivity contribution in [1.29, 1.82) is 0 Å². The summed E-state index contributed by atoms with van der Waals surface area (Å²) < 4.78 is 0.791. The largest absolute Gasteiger partial charge is 0.507 e. The first-order valence-corrected chi connectivity index (χ1v) is 7.20. The first-order chi connectivity index (χ1) is 9.38. The van der Waals surface area contributed by atoms with Crippen molar-refractivity contribution in [1.82, 2.24) is 0 Å². The Bertz CT molecular complexity index is 692. The van der Waals surface area contributed by atoms with Crippen LogP contribution in [0.15, 0.2) is 30.3 Å². The van der Waals surface area contributed by atoms with Crippen LogP contribution in [0.5, 0.6) is 11.5 Å². The van der Waals surface area contributed by atoms with Crippen LogP contribution in [0.4, 0.5) is 5.69 Å². The molecule has 0 unspecified atom stereocenters. The number of benzene rings is 2. The first kappa shape index (κ1) is 15.2. The van der Waals surface area contributed by atoms with Gasteiger partial charge < -0.3 is 15.5 Å². The fraction of sp³-hybridized carbons (Fsp3) is 0. The summed E-state index contributed by atoms with van der Waals surface area (Å²) in [5.74, 6) is -1.01. The van der Waals surface area contributed by atoms with Gasteiger partial charge in [-0.05, 0) is 52.9 Å². The van der Waals surface area contributed by atoms with Gasteiger partial charge in [0.15, 0.2) is 5.75 Å². The highest BCUT2D eigenvalue weighted by Gasteiger charge is 2.15. The molecule has 2 aromatic rings. The maximum atomic E-state index is 12.1. The fourth-order valence-electron chi connectivity index (χ4n) is 1.54. The zero-order valence-electron chi connectivity index (χ0n) is 9.82. The highest BCUT2D eigenvalue weighted by molar-refractivity contribution is 14.1. The minimum absolute atomic E-state index is 0.0275. The van der Waals surface area contributed by atoms with Crippen LogP contribution in [0.25, 0.3) is 0 Å². The maximum Gasteiger partial charge on any atom is 0.259 e. The normalized spacial score (nSPS) is 10.3. The molecule has 0 atom stereocenters. The van der Waals surface area contributed by atoms with Crippen molar-refractivity contribution in [2.24, 2.45) is 0 Å². The molecule has 0 bridgehead atoms. The van der Waals surface area contributed by atoms with E-state index in [0.717, 1.165) is 3.57 Å². The number of amides is 1. The summed E-state index contributed by atoms with van der Waals surface area (Å²) in [5.41, 5.74) is 0.165. The Morgan fingerprint density at radius 3 is 2.55 bits per heavy atom. The first-order valence-electron chi connectivity index (χ1n) is 5.36. The van der Waals surface area contributed by atoms with Gasteiger partial charge in [0, 0.05) is 8.59 Å². The second kappa shape index (κ2) is 6.07. The van der Waals surface area contributed by atoms with E-state index < -0.39 is 5.91 Å². The van der Waals surface area contributed by atoms with Crippen molar-refractivity contribution in [3.05, 3.63) is 49.5 Å². The number of halogens is 3. The second-order valence-electron chi connectivity index (χ2n) is 3.90. The smallest absolute Gasteiger partial charge is 0.259 e. The van der Waals surface area contributed by atoms with Crippen LogP contribution in [0.2, 0.25) is 10.0 Å². The number of aromatic hydroxyl groups is 2. The molecule has 0 saturated heterocycles. The van der Waals surface area contributed by atoms with E-state index in [0.29, 0.717) is 0 Å². The molecule has 0 aliphatic carbocycles. The lowest BCUT2D eigenvalue weighted by molar-refractivity contribution is 0.102. The van der Waals surface area contributed by atoms with Crippen LogP contribution in [-0.4, -0.2) is 16.1 Å². The Kier molecular flexibility index (Phi) is 4.62. The Morgan fingerprint density at radius 2 is 1.85 bits per heavy atom. The standard InChI is InChI=1S/C13H8Cl2INO3/c14-6-3-9(15)12(19)10(4-6)17-13(20)8-5-7(16)1-2-11(8)18/h1-5,18-19H,(H,17,20). The lowest BCUT2D eigenvalue weighted by Crippen LogP contribution is -2.12. The summed E-state index contributed by atoms with van der Waals surface area (Å²) in [6, 6.07) is 7.33. The van der Waals surface area contributed by atoms with E-state index in [1.807, 2.05) is 22.6 Å². The number of anilines is 1. The molecule has 0 saturated carbocycles. The van der Waals surface area contributed by atoms with Gasteiger partial charge in [-0.2, -0.15) is 0 Å².